The normalized spacial score (nSPS) is 21.9. The number of carboxylic acids is 1. The third-order valence-electron chi connectivity index (χ3n) is 2.82. The first kappa shape index (κ1) is 13.2. The molecule has 19 heavy (non-hydrogen) atoms. The monoisotopic (exact) mass is 267 g/mol. The number of aliphatic carboxylic acids is 1. The number of carboxylic acid groups (broad SMARTS) is 1. The molecule has 0 spiro atoms. The molecule has 1 atom stereocenters. The van der Waals surface area contributed by atoms with Crippen molar-refractivity contribution in [3.63, 3.8) is 0 Å². The molecule has 0 aromatic carbocycles. The minimum absolute atomic E-state index is 0.0416. The summed E-state index contributed by atoms with van der Waals surface area (Å²) in [4.78, 5) is 30.3. The number of nitrogens with zero attached hydrogens (tertiary/aromatic N) is 2. The number of esters is 1. The molecule has 8 nitrogen and oxygen atoms in total. The third-order valence-corrected chi connectivity index (χ3v) is 2.82. The summed E-state index contributed by atoms with van der Waals surface area (Å²) in [7, 11) is 1.22. The highest BCUT2D eigenvalue weighted by molar-refractivity contribution is 5.86. The van der Waals surface area contributed by atoms with Crippen LogP contribution >= 0.6 is 0 Å². The van der Waals surface area contributed by atoms with Gasteiger partial charge >= 0.3 is 11.9 Å². The maximum Gasteiger partial charge on any atom is 0.376 e. The van der Waals surface area contributed by atoms with Crippen LogP contribution in [0.25, 0.3) is 0 Å². The predicted octanol–water partition coefficient (Wildman–Crippen LogP) is -0.0812. The summed E-state index contributed by atoms with van der Waals surface area (Å²) in [6.07, 6.45) is 1.67. The van der Waals surface area contributed by atoms with Gasteiger partial charge in [-0.15, -0.1) is 0 Å². The van der Waals surface area contributed by atoms with E-state index in [0.29, 0.717) is 13.0 Å². The van der Waals surface area contributed by atoms with Gasteiger partial charge in [-0.2, -0.15) is 0 Å². The van der Waals surface area contributed by atoms with E-state index >= 15 is 0 Å². The lowest BCUT2D eigenvalue weighted by atomic mass is 9.99. The van der Waals surface area contributed by atoms with Crippen molar-refractivity contribution in [3.8, 4) is 0 Å². The highest BCUT2D eigenvalue weighted by Gasteiger charge is 2.43. The Hall–Kier alpha value is -2.22. The smallest absolute Gasteiger partial charge is 0.376 e. The van der Waals surface area contributed by atoms with Gasteiger partial charge in [-0.1, -0.05) is 0 Å². The Morgan fingerprint density at radius 2 is 2.37 bits per heavy atom. The van der Waals surface area contributed by atoms with Crippen molar-refractivity contribution in [1.29, 1.82) is 0 Å². The number of hydrogen-bond acceptors (Lipinski definition) is 7. The molecule has 102 valence electrons. The molecule has 1 aliphatic heterocycles. The van der Waals surface area contributed by atoms with Crippen LogP contribution < -0.4 is 5.32 Å². The molecule has 8 heteroatoms. The van der Waals surface area contributed by atoms with Crippen molar-refractivity contribution in [2.45, 2.75) is 12.0 Å². The summed E-state index contributed by atoms with van der Waals surface area (Å²) >= 11 is 0. The van der Waals surface area contributed by atoms with Crippen molar-refractivity contribution in [2.24, 2.45) is 0 Å². The van der Waals surface area contributed by atoms with Gasteiger partial charge in [-0.3, -0.25) is 0 Å². The van der Waals surface area contributed by atoms with Crippen LogP contribution in [0.2, 0.25) is 0 Å². The van der Waals surface area contributed by atoms with E-state index in [4.69, 9.17) is 4.74 Å². The quantitative estimate of drug-likeness (QED) is 0.729. The standard InChI is InChI=1S/C11H13N3O5/c1-18-9(15)8-12-4-2-7(13-8)14-11(10(16)17)3-5-19-6-11/h2,4H,3,5-6H2,1H3,(H,16,17)(H,12,13,14). The molecule has 1 aromatic rings. The van der Waals surface area contributed by atoms with E-state index < -0.39 is 17.5 Å². The summed E-state index contributed by atoms with van der Waals surface area (Å²) in [6.45, 7) is 0.397. The van der Waals surface area contributed by atoms with E-state index in [9.17, 15) is 14.7 Å². The number of hydrogen-bond donors (Lipinski definition) is 2. The lowest BCUT2D eigenvalue weighted by Gasteiger charge is -2.24. The van der Waals surface area contributed by atoms with E-state index in [0.717, 1.165) is 0 Å². The summed E-state index contributed by atoms with van der Waals surface area (Å²) in [5.41, 5.74) is -1.22. The van der Waals surface area contributed by atoms with E-state index in [1.54, 1.807) is 0 Å². The van der Waals surface area contributed by atoms with Crippen LogP contribution in [0.15, 0.2) is 12.3 Å². The van der Waals surface area contributed by atoms with Gasteiger partial charge in [0.25, 0.3) is 0 Å². The van der Waals surface area contributed by atoms with Gasteiger partial charge in [0.05, 0.1) is 13.7 Å². The van der Waals surface area contributed by atoms with E-state index in [2.05, 4.69) is 20.0 Å². The molecule has 0 amide bonds. The summed E-state index contributed by atoms with van der Waals surface area (Å²) in [5, 5.41) is 12.1. The van der Waals surface area contributed by atoms with Gasteiger partial charge in [0.15, 0.2) is 5.54 Å². The fraction of sp³-hybridized carbons (Fsp3) is 0.455. The molecule has 2 heterocycles. The molecule has 0 aliphatic carbocycles. The Labute approximate surface area is 108 Å². The number of aromatic nitrogens is 2. The lowest BCUT2D eigenvalue weighted by Crippen LogP contribution is -2.47. The molecule has 0 saturated carbocycles. The number of ether oxygens (including phenoxy) is 2. The number of methoxy groups -OCH3 is 1. The average Bonchev–Trinajstić information content (AvgIpc) is 2.88. The maximum atomic E-state index is 11.3. The first-order valence-electron chi connectivity index (χ1n) is 5.58. The van der Waals surface area contributed by atoms with Gasteiger partial charge in [0.1, 0.15) is 5.82 Å². The Morgan fingerprint density at radius 3 is 2.95 bits per heavy atom. The van der Waals surface area contributed by atoms with Crippen LogP contribution in [0.5, 0.6) is 0 Å². The summed E-state index contributed by atoms with van der Waals surface area (Å²) < 4.78 is 9.62. The highest BCUT2D eigenvalue weighted by atomic mass is 16.5. The molecule has 2 N–H and O–H groups in total. The van der Waals surface area contributed by atoms with Crippen LogP contribution in [0, 0.1) is 0 Å². The zero-order chi connectivity index (χ0) is 13.9. The Bertz CT molecular complexity index is 499. The Kier molecular flexibility index (Phi) is 3.61. The first-order valence-corrected chi connectivity index (χ1v) is 5.58. The SMILES string of the molecule is COC(=O)c1nccc(NC2(C(=O)O)CCOC2)n1. The maximum absolute atomic E-state index is 11.3. The molecular formula is C11H13N3O5. The number of anilines is 1. The fourth-order valence-electron chi connectivity index (χ4n) is 1.75. The van der Waals surface area contributed by atoms with Crippen LogP contribution in [0.3, 0.4) is 0 Å². The van der Waals surface area contributed by atoms with Gasteiger partial charge in [-0.25, -0.2) is 19.6 Å². The first-order chi connectivity index (χ1) is 9.07. The minimum Gasteiger partial charge on any atom is -0.479 e. The van der Waals surface area contributed by atoms with Crippen LogP contribution in [-0.4, -0.2) is 52.9 Å². The zero-order valence-electron chi connectivity index (χ0n) is 10.3. The van der Waals surface area contributed by atoms with Crippen molar-refractivity contribution < 1.29 is 24.2 Å². The van der Waals surface area contributed by atoms with Gasteiger partial charge < -0.3 is 19.9 Å². The van der Waals surface area contributed by atoms with Crippen molar-refractivity contribution in [1.82, 2.24) is 9.97 Å². The number of carbonyl (C=O) groups excluding carboxylic acids is 1. The Balaban J connectivity index is 2.23. The molecule has 0 radical (unpaired) electrons. The Morgan fingerprint density at radius 1 is 1.58 bits per heavy atom. The second-order valence-corrected chi connectivity index (χ2v) is 4.07. The van der Waals surface area contributed by atoms with E-state index in [-0.39, 0.29) is 18.2 Å². The van der Waals surface area contributed by atoms with Crippen LogP contribution in [0.4, 0.5) is 5.82 Å². The number of nitrogens with one attached hydrogen (secondary N) is 1. The second kappa shape index (κ2) is 5.19. The highest BCUT2D eigenvalue weighted by Crippen LogP contribution is 2.23. The van der Waals surface area contributed by atoms with Crippen molar-refractivity contribution in [3.05, 3.63) is 18.1 Å². The molecule has 1 unspecified atom stereocenters. The van der Waals surface area contributed by atoms with Crippen molar-refractivity contribution in [2.75, 3.05) is 25.6 Å². The van der Waals surface area contributed by atoms with Crippen LogP contribution in [-0.2, 0) is 14.3 Å². The molecule has 1 aromatic heterocycles. The number of rotatable bonds is 4. The summed E-state index contributed by atoms with van der Waals surface area (Å²) in [6, 6.07) is 1.48. The van der Waals surface area contributed by atoms with Gasteiger partial charge in [0, 0.05) is 19.2 Å². The predicted molar refractivity (Wildman–Crippen MR) is 62.8 cm³/mol. The molecule has 1 aliphatic rings. The second-order valence-electron chi connectivity index (χ2n) is 4.07. The van der Waals surface area contributed by atoms with Gasteiger partial charge in [0.2, 0.25) is 5.82 Å². The lowest BCUT2D eigenvalue weighted by molar-refractivity contribution is -0.142. The zero-order valence-corrected chi connectivity index (χ0v) is 10.3. The molecule has 1 saturated heterocycles. The molecule has 0 bridgehead atoms. The molecular weight excluding hydrogens is 254 g/mol. The molecule has 1 fully saturated rings. The third kappa shape index (κ3) is 2.63. The topological polar surface area (TPSA) is 111 Å². The molecule has 2 rings (SSSR count). The van der Waals surface area contributed by atoms with Crippen molar-refractivity contribution >= 4 is 17.8 Å². The summed E-state index contributed by atoms with van der Waals surface area (Å²) in [5.74, 6) is -1.60. The largest absolute Gasteiger partial charge is 0.479 e. The van der Waals surface area contributed by atoms with E-state index in [1.165, 1.54) is 19.4 Å². The fourth-order valence-corrected chi connectivity index (χ4v) is 1.75. The minimum atomic E-state index is -1.22. The number of carbonyl (C=O) groups is 2. The van der Waals surface area contributed by atoms with Gasteiger partial charge in [-0.05, 0) is 6.07 Å². The van der Waals surface area contributed by atoms with E-state index in [1.807, 2.05) is 0 Å². The van der Waals surface area contributed by atoms with Crippen LogP contribution in [0.1, 0.15) is 17.0 Å². The average molecular weight is 267 g/mol.